The Balaban J connectivity index is 2.30. The molecule has 0 fully saturated rings. The molecule has 0 unspecified atom stereocenters. The molecule has 0 atom stereocenters. The summed E-state index contributed by atoms with van der Waals surface area (Å²) in [5.74, 6) is -1.40. The van der Waals surface area contributed by atoms with Crippen LogP contribution in [0.2, 0.25) is 0 Å². The van der Waals surface area contributed by atoms with Gasteiger partial charge in [-0.1, -0.05) is 42.0 Å². The van der Waals surface area contributed by atoms with E-state index in [0.717, 1.165) is 11.1 Å². The van der Waals surface area contributed by atoms with Gasteiger partial charge >= 0.3 is 11.8 Å². The van der Waals surface area contributed by atoms with Crippen LogP contribution in [0.1, 0.15) is 11.1 Å². The molecule has 1 aromatic carbocycles. The van der Waals surface area contributed by atoms with Gasteiger partial charge in [0, 0.05) is 6.54 Å². The molecule has 0 spiro atoms. The fourth-order valence-corrected chi connectivity index (χ4v) is 1.59. The van der Waals surface area contributed by atoms with Gasteiger partial charge in [-0.15, -0.1) is 0 Å². The highest BCUT2D eigenvalue weighted by Crippen LogP contribution is 2.03. The molecule has 0 aliphatic rings. The van der Waals surface area contributed by atoms with Crippen LogP contribution in [0.3, 0.4) is 0 Å². The molecule has 1 rings (SSSR count). The lowest BCUT2D eigenvalue weighted by atomic mass is 10.1. The minimum absolute atomic E-state index is 0.0272. The Morgan fingerprint density at radius 2 is 1.95 bits per heavy atom. The maximum Gasteiger partial charge on any atom is 0.309 e. The van der Waals surface area contributed by atoms with E-state index in [4.69, 9.17) is 5.73 Å². The number of hydrogen-bond acceptors (Lipinski definition) is 3. The van der Waals surface area contributed by atoms with Crippen LogP contribution < -0.4 is 16.4 Å². The van der Waals surface area contributed by atoms with Gasteiger partial charge < -0.3 is 16.4 Å². The van der Waals surface area contributed by atoms with Crippen molar-refractivity contribution in [2.75, 3.05) is 13.1 Å². The van der Waals surface area contributed by atoms with Crippen LogP contribution in [-0.2, 0) is 16.0 Å². The number of nitrogens with two attached hydrogens (primary N) is 1. The first-order valence-corrected chi connectivity index (χ1v) is 6.29. The molecule has 4 N–H and O–H groups in total. The number of amides is 2. The maximum atomic E-state index is 11.4. The van der Waals surface area contributed by atoms with Gasteiger partial charge in [0.1, 0.15) is 0 Å². The van der Waals surface area contributed by atoms with Crippen LogP contribution in [-0.4, -0.2) is 29.9 Å². The van der Waals surface area contributed by atoms with Crippen molar-refractivity contribution in [3.8, 4) is 0 Å². The molecule has 0 heterocycles. The second-order valence-corrected chi connectivity index (χ2v) is 4.67. The molecule has 0 bridgehead atoms. The molecular formula is C13H17N3O2S. The van der Waals surface area contributed by atoms with Crippen LogP contribution in [0.15, 0.2) is 24.3 Å². The minimum atomic E-state index is -0.725. The Morgan fingerprint density at radius 1 is 1.26 bits per heavy atom. The highest BCUT2D eigenvalue weighted by atomic mass is 32.1. The van der Waals surface area contributed by atoms with E-state index in [-0.39, 0.29) is 11.5 Å². The molecule has 0 aliphatic heterocycles. The van der Waals surface area contributed by atoms with Crippen LogP contribution >= 0.6 is 12.2 Å². The zero-order valence-electron chi connectivity index (χ0n) is 10.7. The van der Waals surface area contributed by atoms with Gasteiger partial charge in [-0.3, -0.25) is 9.59 Å². The van der Waals surface area contributed by atoms with Crippen LogP contribution in [0.5, 0.6) is 0 Å². The number of thiocarbonyl (C=S) groups is 1. The summed E-state index contributed by atoms with van der Waals surface area (Å²) in [6.45, 7) is 2.44. The number of rotatable bonds is 5. The van der Waals surface area contributed by atoms with E-state index in [9.17, 15) is 9.59 Å². The number of nitrogens with one attached hydrogen (secondary N) is 2. The SMILES string of the molecule is Cc1cccc(CCNC(=O)C(=O)NCC(N)=S)c1. The molecule has 0 radical (unpaired) electrons. The topological polar surface area (TPSA) is 84.2 Å². The number of hydrogen-bond donors (Lipinski definition) is 3. The van der Waals surface area contributed by atoms with E-state index in [0.29, 0.717) is 13.0 Å². The molecule has 0 saturated carbocycles. The van der Waals surface area contributed by atoms with Crippen molar-refractivity contribution in [3.05, 3.63) is 35.4 Å². The molecule has 2 amide bonds. The molecule has 5 nitrogen and oxygen atoms in total. The van der Waals surface area contributed by atoms with Gasteiger partial charge in [-0.05, 0) is 18.9 Å². The average molecular weight is 279 g/mol. The molecule has 1 aromatic rings. The molecule has 102 valence electrons. The standard InChI is InChI=1S/C13H17N3O2S/c1-9-3-2-4-10(7-9)5-6-15-12(17)13(18)16-8-11(14)19/h2-4,7H,5-6,8H2,1H3,(H2,14,19)(H,15,17)(H,16,18). The first kappa shape index (κ1) is 15.1. The fourth-order valence-electron chi connectivity index (χ4n) is 1.52. The molecule has 0 aliphatic carbocycles. The fraction of sp³-hybridized carbons (Fsp3) is 0.308. The highest BCUT2D eigenvalue weighted by Gasteiger charge is 2.12. The zero-order valence-corrected chi connectivity index (χ0v) is 11.5. The van der Waals surface area contributed by atoms with E-state index in [2.05, 4.69) is 22.9 Å². The normalized spacial score (nSPS) is 9.74. The van der Waals surface area contributed by atoms with Crippen molar-refractivity contribution in [2.45, 2.75) is 13.3 Å². The van der Waals surface area contributed by atoms with Crippen molar-refractivity contribution >= 4 is 29.0 Å². The second kappa shape index (κ2) is 7.48. The summed E-state index contributed by atoms with van der Waals surface area (Å²) in [7, 11) is 0. The largest absolute Gasteiger partial charge is 0.392 e. The molecule has 19 heavy (non-hydrogen) atoms. The lowest BCUT2D eigenvalue weighted by Gasteiger charge is -2.06. The third-order valence-corrected chi connectivity index (χ3v) is 2.56. The van der Waals surface area contributed by atoms with E-state index >= 15 is 0 Å². The van der Waals surface area contributed by atoms with Crippen LogP contribution in [0.25, 0.3) is 0 Å². The van der Waals surface area contributed by atoms with Gasteiger partial charge in [-0.2, -0.15) is 0 Å². The van der Waals surface area contributed by atoms with E-state index in [1.165, 1.54) is 0 Å². The Morgan fingerprint density at radius 3 is 2.58 bits per heavy atom. The zero-order chi connectivity index (χ0) is 14.3. The number of benzene rings is 1. The van der Waals surface area contributed by atoms with E-state index < -0.39 is 11.8 Å². The Kier molecular flexibility index (Phi) is 5.95. The molecule has 6 heteroatoms. The monoisotopic (exact) mass is 279 g/mol. The third kappa shape index (κ3) is 5.96. The van der Waals surface area contributed by atoms with Gasteiger partial charge in [0.2, 0.25) is 0 Å². The first-order valence-electron chi connectivity index (χ1n) is 5.89. The summed E-state index contributed by atoms with van der Waals surface area (Å²) in [5, 5.41) is 4.86. The minimum Gasteiger partial charge on any atom is -0.392 e. The van der Waals surface area contributed by atoms with Crippen LogP contribution in [0, 0.1) is 6.92 Å². The predicted molar refractivity (Wildman–Crippen MR) is 77.7 cm³/mol. The predicted octanol–water partition coefficient (Wildman–Crippen LogP) is 0.0560. The quantitative estimate of drug-likeness (QED) is 0.525. The van der Waals surface area contributed by atoms with Gasteiger partial charge in [0.05, 0.1) is 11.5 Å². The van der Waals surface area contributed by atoms with E-state index in [1.807, 2.05) is 31.2 Å². The Bertz CT molecular complexity index is 489. The number of aryl methyl sites for hydroxylation is 1. The smallest absolute Gasteiger partial charge is 0.309 e. The number of carbonyl (C=O) groups excluding carboxylic acids is 2. The summed E-state index contributed by atoms with van der Waals surface area (Å²) in [4.78, 5) is 22.9. The maximum absolute atomic E-state index is 11.4. The van der Waals surface area contributed by atoms with Crippen molar-refractivity contribution in [2.24, 2.45) is 5.73 Å². The van der Waals surface area contributed by atoms with Gasteiger partial charge in [-0.25, -0.2) is 0 Å². The molecular weight excluding hydrogens is 262 g/mol. The molecule has 0 aromatic heterocycles. The van der Waals surface area contributed by atoms with Crippen molar-refractivity contribution < 1.29 is 9.59 Å². The lowest BCUT2D eigenvalue weighted by Crippen LogP contribution is -2.43. The Labute approximate surface area is 117 Å². The summed E-state index contributed by atoms with van der Waals surface area (Å²) in [6.07, 6.45) is 0.677. The second-order valence-electron chi connectivity index (χ2n) is 4.14. The average Bonchev–Trinajstić information content (AvgIpc) is 2.35. The van der Waals surface area contributed by atoms with Gasteiger partial charge in [0.15, 0.2) is 0 Å². The summed E-state index contributed by atoms with van der Waals surface area (Å²) >= 11 is 4.60. The van der Waals surface area contributed by atoms with E-state index in [1.54, 1.807) is 0 Å². The summed E-state index contributed by atoms with van der Waals surface area (Å²) in [6, 6.07) is 7.98. The van der Waals surface area contributed by atoms with Crippen molar-refractivity contribution in [1.29, 1.82) is 0 Å². The third-order valence-electron chi connectivity index (χ3n) is 2.41. The van der Waals surface area contributed by atoms with Crippen molar-refractivity contribution in [3.63, 3.8) is 0 Å². The first-order chi connectivity index (χ1) is 8.99. The number of carbonyl (C=O) groups is 2. The van der Waals surface area contributed by atoms with Crippen LogP contribution in [0.4, 0.5) is 0 Å². The lowest BCUT2D eigenvalue weighted by molar-refractivity contribution is -0.139. The molecule has 0 saturated heterocycles. The summed E-state index contributed by atoms with van der Waals surface area (Å²) in [5.41, 5.74) is 7.50. The van der Waals surface area contributed by atoms with Crippen molar-refractivity contribution in [1.82, 2.24) is 10.6 Å². The summed E-state index contributed by atoms with van der Waals surface area (Å²) < 4.78 is 0. The Hall–Kier alpha value is -1.95. The highest BCUT2D eigenvalue weighted by molar-refractivity contribution is 7.80. The van der Waals surface area contributed by atoms with Gasteiger partial charge in [0.25, 0.3) is 0 Å².